The molecule has 0 atom stereocenters. The van der Waals surface area contributed by atoms with Crippen molar-refractivity contribution in [2.45, 2.75) is 23.5 Å². The predicted molar refractivity (Wildman–Crippen MR) is 102 cm³/mol. The van der Waals surface area contributed by atoms with Crippen molar-refractivity contribution in [2.24, 2.45) is 0 Å². The Morgan fingerprint density at radius 2 is 1.76 bits per heavy atom. The van der Waals surface area contributed by atoms with Gasteiger partial charge in [-0.05, 0) is 50.2 Å². The Bertz CT molecular complexity index is 895. The lowest BCUT2D eigenvalue weighted by Crippen LogP contribution is -2.44. The Labute approximate surface area is 160 Å². The van der Waals surface area contributed by atoms with Crippen molar-refractivity contribution >= 4 is 49.0 Å². The van der Waals surface area contributed by atoms with Crippen molar-refractivity contribution in [3.05, 3.63) is 52.0 Å². The van der Waals surface area contributed by atoms with Crippen LogP contribution in [-0.2, 0) is 14.6 Å². The van der Waals surface area contributed by atoms with Gasteiger partial charge in [0.2, 0.25) is 5.91 Å². The quantitative estimate of drug-likeness (QED) is 0.743. The van der Waals surface area contributed by atoms with Gasteiger partial charge in [0.05, 0.1) is 22.7 Å². The van der Waals surface area contributed by atoms with Crippen molar-refractivity contribution in [1.82, 2.24) is 0 Å². The van der Waals surface area contributed by atoms with Crippen molar-refractivity contribution < 1.29 is 17.9 Å². The second-order valence-electron chi connectivity index (χ2n) is 5.77. The number of sulfone groups is 1. The fourth-order valence-corrected chi connectivity index (χ4v) is 3.89. The molecule has 0 saturated heterocycles. The van der Waals surface area contributed by atoms with Crippen LogP contribution in [0.3, 0.4) is 0 Å². The largest absolute Gasteiger partial charge is 0.497 e. The number of amides is 1. The summed E-state index contributed by atoms with van der Waals surface area (Å²) in [4.78, 5) is 12.7. The standard InChI is InChI=1S/C17H17BrClNO4S/c1-17(2,25(22,23)13-7-4-11(18)5-8-13)16(21)20-15-9-6-12(24-3)10-14(15)19/h4-10H,1-3H3,(H,20,21). The highest BCUT2D eigenvalue weighted by molar-refractivity contribution is 9.10. The second-order valence-corrected chi connectivity index (χ2v) is 9.59. The monoisotopic (exact) mass is 445 g/mol. The van der Waals surface area contributed by atoms with E-state index in [1.54, 1.807) is 24.3 Å². The van der Waals surface area contributed by atoms with Crippen molar-refractivity contribution in [3.8, 4) is 5.75 Å². The van der Waals surface area contributed by atoms with Crippen LogP contribution in [0.15, 0.2) is 51.8 Å². The minimum atomic E-state index is -3.90. The third-order valence-corrected chi connectivity index (χ3v) is 7.03. The molecule has 0 aromatic heterocycles. The molecule has 2 rings (SSSR count). The molecule has 2 aromatic rings. The third-order valence-electron chi connectivity index (χ3n) is 3.77. The normalized spacial score (nSPS) is 11.9. The van der Waals surface area contributed by atoms with E-state index in [0.29, 0.717) is 11.4 Å². The maximum absolute atomic E-state index is 12.9. The zero-order valence-electron chi connectivity index (χ0n) is 13.8. The van der Waals surface area contributed by atoms with E-state index >= 15 is 0 Å². The molecule has 0 aliphatic heterocycles. The van der Waals surface area contributed by atoms with Crippen LogP contribution in [0, 0.1) is 0 Å². The van der Waals surface area contributed by atoms with Gasteiger partial charge in [-0.2, -0.15) is 0 Å². The summed E-state index contributed by atoms with van der Waals surface area (Å²) in [6.07, 6.45) is 0. The first kappa shape index (κ1) is 19.8. The van der Waals surface area contributed by atoms with Gasteiger partial charge in [0.25, 0.3) is 0 Å². The fraction of sp³-hybridized carbons (Fsp3) is 0.235. The number of benzene rings is 2. The molecule has 2 aromatic carbocycles. The summed E-state index contributed by atoms with van der Waals surface area (Å²) in [5.41, 5.74) is 0.312. The highest BCUT2D eigenvalue weighted by Crippen LogP contribution is 2.31. The van der Waals surface area contributed by atoms with E-state index in [9.17, 15) is 13.2 Å². The number of rotatable bonds is 5. The highest BCUT2D eigenvalue weighted by Gasteiger charge is 2.43. The van der Waals surface area contributed by atoms with Gasteiger partial charge in [0.15, 0.2) is 9.84 Å². The van der Waals surface area contributed by atoms with Crippen LogP contribution >= 0.6 is 27.5 Å². The van der Waals surface area contributed by atoms with Gasteiger partial charge >= 0.3 is 0 Å². The lowest BCUT2D eigenvalue weighted by molar-refractivity contribution is -0.117. The van der Waals surface area contributed by atoms with E-state index in [-0.39, 0.29) is 9.92 Å². The van der Waals surface area contributed by atoms with E-state index in [4.69, 9.17) is 16.3 Å². The summed E-state index contributed by atoms with van der Waals surface area (Å²) in [7, 11) is -2.40. The van der Waals surface area contributed by atoms with Crippen molar-refractivity contribution in [3.63, 3.8) is 0 Å². The molecule has 5 nitrogen and oxygen atoms in total. The Morgan fingerprint density at radius 1 is 1.16 bits per heavy atom. The van der Waals surface area contributed by atoms with Crippen LogP contribution in [0.5, 0.6) is 5.75 Å². The van der Waals surface area contributed by atoms with Crippen molar-refractivity contribution in [1.29, 1.82) is 0 Å². The number of ether oxygens (including phenoxy) is 1. The molecular formula is C17H17BrClNO4S. The highest BCUT2D eigenvalue weighted by atomic mass is 79.9. The Morgan fingerprint density at radius 3 is 2.28 bits per heavy atom. The van der Waals surface area contributed by atoms with Crippen LogP contribution in [0.1, 0.15) is 13.8 Å². The van der Waals surface area contributed by atoms with Gasteiger partial charge in [0, 0.05) is 10.5 Å². The van der Waals surface area contributed by atoms with Gasteiger partial charge < -0.3 is 10.1 Å². The Balaban J connectivity index is 2.32. The topological polar surface area (TPSA) is 72.5 Å². The summed E-state index contributed by atoms with van der Waals surface area (Å²) < 4.78 is 29.8. The van der Waals surface area contributed by atoms with E-state index in [1.807, 2.05) is 0 Å². The lowest BCUT2D eigenvalue weighted by Gasteiger charge is -2.24. The molecule has 0 unspecified atom stereocenters. The van der Waals surface area contributed by atoms with E-state index in [0.717, 1.165) is 4.47 Å². The molecule has 0 radical (unpaired) electrons. The molecule has 0 bridgehead atoms. The maximum Gasteiger partial charge on any atom is 0.245 e. The summed E-state index contributed by atoms with van der Waals surface area (Å²) in [6.45, 7) is 2.72. The Hall–Kier alpha value is -1.57. The SMILES string of the molecule is COc1ccc(NC(=O)C(C)(C)S(=O)(=O)c2ccc(Br)cc2)c(Cl)c1. The van der Waals surface area contributed by atoms with Crippen LogP contribution < -0.4 is 10.1 Å². The first-order chi connectivity index (χ1) is 11.6. The number of halogens is 2. The first-order valence-electron chi connectivity index (χ1n) is 7.25. The molecule has 25 heavy (non-hydrogen) atoms. The van der Waals surface area contributed by atoms with Gasteiger partial charge in [0.1, 0.15) is 10.5 Å². The number of nitrogens with one attached hydrogen (secondary N) is 1. The average Bonchev–Trinajstić information content (AvgIpc) is 2.56. The first-order valence-corrected chi connectivity index (χ1v) is 9.90. The van der Waals surface area contributed by atoms with Crippen LogP contribution in [0.25, 0.3) is 0 Å². The summed E-state index contributed by atoms with van der Waals surface area (Å²) in [5, 5.41) is 2.83. The minimum Gasteiger partial charge on any atom is -0.497 e. The number of carbonyl (C=O) groups is 1. The third kappa shape index (κ3) is 3.99. The molecule has 0 spiro atoms. The fourth-order valence-electron chi connectivity index (χ4n) is 2.03. The number of hydrogen-bond donors (Lipinski definition) is 1. The summed E-state index contributed by atoms with van der Waals surface area (Å²) in [6, 6.07) is 10.8. The van der Waals surface area contributed by atoms with Crippen LogP contribution in [0.2, 0.25) is 5.02 Å². The summed E-state index contributed by atoms with van der Waals surface area (Å²) in [5.74, 6) is -0.146. The zero-order valence-corrected chi connectivity index (χ0v) is 17.0. The minimum absolute atomic E-state index is 0.0664. The van der Waals surface area contributed by atoms with E-state index in [2.05, 4.69) is 21.2 Å². The molecule has 0 saturated carbocycles. The molecule has 0 aliphatic rings. The molecule has 0 aliphatic carbocycles. The summed E-state index contributed by atoms with van der Waals surface area (Å²) >= 11 is 9.36. The maximum atomic E-state index is 12.9. The molecule has 1 amide bonds. The van der Waals surface area contributed by atoms with E-state index < -0.39 is 20.5 Å². The predicted octanol–water partition coefficient (Wildman–Crippen LogP) is 4.30. The number of anilines is 1. The second kappa shape index (κ2) is 7.35. The molecule has 0 heterocycles. The molecule has 0 fully saturated rings. The van der Waals surface area contributed by atoms with E-state index in [1.165, 1.54) is 39.2 Å². The lowest BCUT2D eigenvalue weighted by atomic mass is 10.2. The number of methoxy groups -OCH3 is 1. The van der Waals surface area contributed by atoms with Gasteiger partial charge in [-0.15, -0.1) is 0 Å². The number of hydrogen-bond acceptors (Lipinski definition) is 4. The van der Waals surface area contributed by atoms with Gasteiger partial charge in [-0.3, -0.25) is 4.79 Å². The molecular weight excluding hydrogens is 430 g/mol. The van der Waals surface area contributed by atoms with Crippen LogP contribution in [-0.4, -0.2) is 26.2 Å². The van der Waals surface area contributed by atoms with Gasteiger partial charge in [-0.1, -0.05) is 27.5 Å². The van der Waals surface area contributed by atoms with Gasteiger partial charge in [-0.25, -0.2) is 8.42 Å². The Kier molecular flexibility index (Phi) is 5.81. The average molecular weight is 447 g/mol. The smallest absolute Gasteiger partial charge is 0.245 e. The van der Waals surface area contributed by atoms with Crippen LogP contribution in [0.4, 0.5) is 5.69 Å². The molecule has 134 valence electrons. The molecule has 8 heteroatoms. The number of carbonyl (C=O) groups excluding carboxylic acids is 1. The zero-order chi connectivity index (χ0) is 18.8. The molecule has 1 N–H and O–H groups in total. The van der Waals surface area contributed by atoms with Crippen molar-refractivity contribution in [2.75, 3.05) is 12.4 Å².